The molecular weight excluding hydrogens is 336 g/mol. The largest absolute Gasteiger partial charge is 0.444 e. The van der Waals surface area contributed by atoms with Crippen LogP contribution in [0.1, 0.15) is 68.2 Å². The van der Waals surface area contributed by atoms with Gasteiger partial charge in [-0.25, -0.2) is 9.86 Å². The number of amides is 2. The lowest BCUT2D eigenvalue weighted by Gasteiger charge is -2.30. The lowest BCUT2D eigenvalue weighted by atomic mass is 10.0. The van der Waals surface area contributed by atoms with Crippen molar-refractivity contribution in [1.82, 2.24) is 20.2 Å². The summed E-state index contributed by atoms with van der Waals surface area (Å²) >= 11 is 0. The summed E-state index contributed by atoms with van der Waals surface area (Å²) in [4.78, 5) is 32.4. The van der Waals surface area contributed by atoms with Gasteiger partial charge in [-0.3, -0.25) is 14.7 Å². The molecule has 0 unspecified atom stereocenters. The number of H-pyrrole nitrogens is 1. The molecule has 0 spiro atoms. The monoisotopic (exact) mass is 364 g/mol. The van der Waals surface area contributed by atoms with E-state index in [9.17, 15) is 9.59 Å². The summed E-state index contributed by atoms with van der Waals surface area (Å²) in [6.45, 7) is 6.36. The van der Waals surface area contributed by atoms with Crippen molar-refractivity contribution in [2.24, 2.45) is 0 Å². The van der Waals surface area contributed by atoms with Crippen molar-refractivity contribution in [3.05, 3.63) is 17.0 Å². The molecular formula is C18H28N4O4. The molecule has 3 rings (SSSR count). The lowest BCUT2D eigenvalue weighted by Crippen LogP contribution is -2.41. The number of aromatic nitrogens is 2. The minimum absolute atomic E-state index is 0.0883. The molecule has 8 nitrogen and oxygen atoms in total. The molecule has 0 radical (unpaired) electrons. The molecule has 1 aromatic rings. The molecule has 26 heavy (non-hydrogen) atoms. The van der Waals surface area contributed by atoms with Gasteiger partial charge in [0.2, 0.25) is 0 Å². The van der Waals surface area contributed by atoms with Crippen LogP contribution in [0.25, 0.3) is 0 Å². The van der Waals surface area contributed by atoms with Gasteiger partial charge in [0.25, 0.3) is 5.91 Å². The van der Waals surface area contributed by atoms with Gasteiger partial charge in [-0.05, 0) is 33.6 Å². The molecule has 1 N–H and O–H groups in total. The Kier molecular flexibility index (Phi) is 5.22. The minimum atomic E-state index is -0.554. The fourth-order valence-electron chi connectivity index (χ4n) is 3.60. The standard InChI is InChI=1S/C18H28N4O4/c1-18(2,3)26-17(24)21-10-9-14-13(11-21)15(20-19-14)16(23)22(25-4)12-7-5-6-8-12/h12H,5-11H2,1-4H3,(H,19,20). The molecule has 0 atom stereocenters. The number of rotatable bonds is 3. The van der Waals surface area contributed by atoms with Crippen molar-refractivity contribution in [3.8, 4) is 0 Å². The highest BCUT2D eigenvalue weighted by Crippen LogP contribution is 2.27. The second-order valence-electron chi connectivity index (χ2n) is 7.93. The van der Waals surface area contributed by atoms with Gasteiger partial charge in [-0.15, -0.1) is 0 Å². The Balaban J connectivity index is 1.77. The summed E-state index contributed by atoms with van der Waals surface area (Å²) in [5.74, 6) is -0.247. The quantitative estimate of drug-likeness (QED) is 0.833. The van der Waals surface area contributed by atoms with Crippen LogP contribution in [0, 0.1) is 0 Å². The van der Waals surface area contributed by atoms with E-state index >= 15 is 0 Å². The highest BCUT2D eigenvalue weighted by Gasteiger charge is 2.34. The van der Waals surface area contributed by atoms with Gasteiger partial charge in [0.05, 0.1) is 19.7 Å². The van der Waals surface area contributed by atoms with Crippen LogP contribution < -0.4 is 0 Å². The zero-order valence-electron chi connectivity index (χ0n) is 16.0. The number of hydrogen-bond acceptors (Lipinski definition) is 5. The van der Waals surface area contributed by atoms with Gasteiger partial charge in [-0.2, -0.15) is 5.10 Å². The number of carbonyl (C=O) groups is 2. The maximum absolute atomic E-state index is 13.0. The first-order valence-corrected chi connectivity index (χ1v) is 9.22. The number of carbonyl (C=O) groups excluding carboxylic acids is 2. The number of hydrogen-bond donors (Lipinski definition) is 1. The third-order valence-electron chi connectivity index (χ3n) is 4.84. The van der Waals surface area contributed by atoms with Crippen molar-refractivity contribution in [1.29, 1.82) is 0 Å². The summed E-state index contributed by atoms with van der Waals surface area (Å²) < 4.78 is 5.46. The van der Waals surface area contributed by atoms with Gasteiger partial charge < -0.3 is 9.64 Å². The maximum atomic E-state index is 13.0. The van der Waals surface area contributed by atoms with Gasteiger partial charge >= 0.3 is 6.09 Å². The number of fused-ring (bicyclic) bond motifs is 1. The molecule has 1 fully saturated rings. The second kappa shape index (κ2) is 7.26. The SMILES string of the molecule is CON(C(=O)c1n[nH]c2c1CN(C(=O)OC(C)(C)C)CC2)C1CCCC1. The molecule has 1 aliphatic heterocycles. The minimum Gasteiger partial charge on any atom is -0.444 e. The van der Waals surface area contributed by atoms with Gasteiger partial charge in [0.15, 0.2) is 5.69 Å². The number of hydroxylamine groups is 2. The molecule has 2 aliphatic rings. The van der Waals surface area contributed by atoms with Gasteiger partial charge in [0.1, 0.15) is 5.60 Å². The zero-order valence-corrected chi connectivity index (χ0v) is 16.0. The van der Waals surface area contributed by atoms with Crippen molar-refractivity contribution in [3.63, 3.8) is 0 Å². The predicted molar refractivity (Wildman–Crippen MR) is 94.4 cm³/mol. The van der Waals surface area contributed by atoms with E-state index in [1.807, 2.05) is 20.8 Å². The highest BCUT2D eigenvalue weighted by atomic mass is 16.7. The smallest absolute Gasteiger partial charge is 0.410 e. The molecule has 1 saturated carbocycles. The number of aromatic amines is 1. The first-order chi connectivity index (χ1) is 12.3. The number of ether oxygens (including phenoxy) is 1. The van der Waals surface area contributed by atoms with Gasteiger partial charge in [0, 0.05) is 24.2 Å². The summed E-state index contributed by atoms with van der Waals surface area (Å²) in [5, 5.41) is 8.62. The van der Waals surface area contributed by atoms with E-state index in [0.29, 0.717) is 25.2 Å². The van der Waals surface area contributed by atoms with E-state index in [0.717, 1.165) is 36.9 Å². The van der Waals surface area contributed by atoms with E-state index in [1.165, 1.54) is 12.2 Å². The van der Waals surface area contributed by atoms with Crippen LogP contribution in [0.3, 0.4) is 0 Å². The van der Waals surface area contributed by atoms with Crippen molar-refractivity contribution in [2.45, 2.75) is 71.1 Å². The van der Waals surface area contributed by atoms with E-state index < -0.39 is 5.60 Å². The first kappa shape index (κ1) is 18.7. The third-order valence-corrected chi connectivity index (χ3v) is 4.84. The molecule has 0 bridgehead atoms. The van der Waals surface area contributed by atoms with Crippen LogP contribution in [-0.4, -0.2) is 57.5 Å². The van der Waals surface area contributed by atoms with Crippen LogP contribution in [0.4, 0.5) is 4.79 Å². The van der Waals surface area contributed by atoms with Crippen LogP contribution in [0.15, 0.2) is 0 Å². The van der Waals surface area contributed by atoms with E-state index in [2.05, 4.69) is 10.2 Å². The lowest BCUT2D eigenvalue weighted by molar-refractivity contribution is -0.122. The second-order valence-corrected chi connectivity index (χ2v) is 7.93. The van der Waals surface area contributed by atoms with Crippen molar-refractivity contribution >= 4 is 12.0 Å². The molecule has 2 heterocycles. The van der Waals surface area contributed by atoms with Crippen LogP contribution >= 0.6 is 0 Å². The summed E-state index contributed by atoms with van der Waals surface area (Å²) in [7, 11) is 1.52. The summed E-state index contributed by atoms with van der Waals surface area (Å²) in [6, 6.07) is 0.0883. The molecule has 1 aromatic heterocycles. The fraction of sp³-hybridized carbons (Fsp3) is 0.722. The Labute approximate surface area is 153 Å². The predicted octanol–water partition coefficient (Wildman–Crippen LogP) is 2.65. The molecule has 1 aliphatic carbocycles. The van der Waals surface area contributed by atoms with Crippen LogP contribution in [-0.2, 0) is 22.5 Å². The van der Waals surface area contributed by atoms with Crippen molar-refractivity contribution in [2.75, 3.05) is 13.7 Å². The third kappa shape index (κ3) is 3.85. The number of nitrogens with one attached hydrogen (secondary N) is 1. The van der Waals surface area contributed by atoms with Crippen LogP contribution in [0.5, 0.6) is 0 Å². The zero-order chi connectivity index (χ0) is 18.9. The van der Waals surface area contributed by atoms with Crippen molar-refractivity contribution < 1.29 is 19.2 Å². The summed E-state index contributed by atoms with van der Waals surface area (Å²) in [6.07, 6.45) is 4.32. The van der Waals surface area contributed by atoms with E-state index in [-0.39, 0.29) is 18.0 Å². The highest BCUT2D eigenvalue weighted by molar-refractivity contribution is 5.93. The first-order valence-electron chi connectivity index (χ1n) is 9.22. The molecule has 0 aromatic carbocycles. The average molecular weight is 364 g/mol. The Morgan fingerprint density at radius 3 is 2.58 bits per heavy atom. The molecule has 0 saturated heterocycles. The Bertz CT molecular complexity index is 673. The van der Waals surface area contributed by atoms with Crippen LogP contribution in [0.2, 0.25) is 0 Å². The van der Waals surface area contributed by atoms with E-state index in [4.69, 9.17) is 9.57 Å². The molecule has 8 heteroatoms. The topological polar surface area (TPSA) is 87.8 Å². The Morgan fingerprint density at radius 2 is 1.96 bits per heavy atom. The fourth-order valence-corrected chi connectivity index (χ4v) is 3.60. The maximum Gasteiger partial charge on any atom is 0.410 e. The Morgan fingerprint density at radius 1 is 1.27 bits per heavy atom. The average Bonchev–Trinajstić information content (AvgIpc) is 3.22. The number of nitrogens with zero attached hydrogens (tertiary/aromatic N) is 3. The molecule has 2 amide bonds. The Hall–Kier alpha value is -2.09. The molecule has 144 valence electrons. The summed E-state index contributed by atoms with van der Waals surface area (Å²) in [5.41, 5.74) is 1.44. The van der Waals surface area contributed by atoms with E-state index in [1.54, 1.807) is 4.90 Å². The van der Waals surface area contributed by atoms with Gasteiger partial charge in [-0.1, -0.05) is 12.8 Å². The normalized spacial score (nSPS) is 17.9.